The second-order valence-corrected chi connectivity index (χ2v) is 11.1. The van der Waals surface area contributed by atoms with Crippen molar-refractivity contribution in [2.75, 3.05) is 28.3 Å². The van der Waals surface area contributed by atoms with Crippen LogP contribution in [0.15, 0.2) is 12.2 Å². The molecule has 0 saturated heterocycles. The molecule has 0 aliphatic carbocycles. The summed E-state index contributed by atoms with van der Waals surface area (Å²) in [5.74, 6) is -1.53. The Morgan fingerprint density at radius 3 is 2.36 bits per heavy atom. The second-order valence-electron chi connectivity index (χ2n) is 11.1. The number of unbranched alkanes of at least 4 members (excludes halogenated alkanes) is 4. The topological polar surface area (TPSA) is 117 Å². The fourth-order valence-electron chi connectivity index (χ4n) is 4.68. The highest BCUT2D eigenvalue weighted by atomic mass is 16.7. The Morgan fingerprint density at radius 1 is 1.05 bits per heavy atom. The molecule has 0 spiro atoms. The van der Waals surface area contributed by atoms with E-state index in [0.717, 1.165) is 37.2 Å². The minimum atomic E-state index is -1.02. The van der Waals surface area contributed by atoms with Gasteiger partial charge in [-0.1, -0.05) is 58.6 Å². The summed E-state index contributed by atoms with van der Waals surface area (Å²) >= 11 is 0. The lowest BCUT2D eigenvalue weighted by Gasteiger charge is -2.29. The number of likely N-dealkylation sites (N-methyl/N-ethyl adjacent to an activating group) is 1. The number of hydrogen-bond acceptors (Lipinski definition) is 6. The Hall–Kier alpha value is -2.62. The summed E-state index contributed by atoms with van der Waals surface area (Å²) in [4.78, 5) is 59.1. The van der Waals surface area contributed by atoms with E-state index in [0.29, 0.717) is 25.7 Å². The summed E-state index contributed by atoms with van der Waals surface area (Å²) in [7, 11) is 6.16. The van der Waals surface area contributed by atoms with Gasteiger partial charge in [0.1, 0.15) is 18.2 Å². The number of alkyl carbamates (subject to hydrolysis) is 1. The van der Waals surface area contributed by atoms with E-state index in [1.807, 2.05) is 26.0 Å². The van der Waals surface area contributed by atoms with Gasteiger partial charge in [0, 0.05) is 27.1 Å². The zero-order chi connectivity index (χ0) is 29.4. The third kappa shape index (κ3) is 13.3. The highest BCUT2D eigenvalue weighted by molar-refractivity contribution is 5.91. The number of nitrogens with zero attached hydrogens (tertiary/aromatic N) is 2. The largest absolute Gasteiger partial charge is 0.446 e. The van der Waals surface area contributed by atoms with Crippen LogP contribution < -0.4 is 10.6 Å². The number of allylic oxidation sites excluding steroid dienone is 2. The number of cyclic esters (lactones) is 1. The van der Waals surface area contributed by atoms with Crippen molar-refractivity contribution in [2.24, 2.45) is 11.8 Å². The van der Waals surface area contributed by atoms with Crippen LogP contribution in [-0.2, 0) is 24.0 Å². The molecular weight excluding hydrogens is 500 g/mol. The predicted octanol–water partition coefficient (Wildman–Crippen LogP) is 4.20. The standard InChI is InChI=1S/C29H52N4O6/c1-8-9-10-11-14-17-23-18-15-12-13-16-22(27(35)32(4)5)20-25(28(36)33(6)38-7)30-26(34)24(19-21(2)3)31-29(37)39-23/h12-13,21-25H,8-11,14-20H2,1-7H3,(H,30,34)(H,31,37)/b13-12-/t22?,23?,24-,25-/m0/s1. The summed E-state index contributed by atoms with van der Waals surface area (Å²) in [6.45, 7) is 6.08. The summed E-state index contributed by atoms with van der Waals surface area (Å²) < 4.78 is 5.79. The van der Waals surface area contributed by atoms with Gasteiger partial charge in [-0.3, -0.25) is 19.2 Å². The van der Waals surface area contributed by atoms with Crippen molar-refractivity contribution in [1.82, 2.24) is 20.6 Å². The van der Waals surface area contributed by atoms with Crippen molar-refractivity contribution in [1.29, 1.82) is 0 Å². The lowest BCUT2D eigenvalue weighted by Crippen LogP contribution is -2.55. The van der Waals surface area contributed by atoms with E-state index in [4.69, 9.17) is 9.57 Å². The molecule has 10 nitrogen and oxygen atoms in total. The molecule has 0 aromatic rings. The second kappa shape index (κ2) is 18.6. The number of hydrogen-bond donors (Lipinski definition) is 2. The van der Waals surface area contributed by atoms with Crippen LogP contribution in [0.5, 0.6) is 0 Å². The van der Waals surface area contributed by atoms with Crippen molar-refractivity contribution in [3.63, 3.8) is 0 Å². The molecule has 1 heterocycles. The average molecular weight is 553 g/mol. The van der Waals surface area contributed by atoms with Crippen LogP contribution in [0.4, 0.5) is 4.79 Å². The highest BCUT2D eigenvalue weighted by Gasteiger charge is 2.33. The molecular formula is C29H52N4O6. The lowest BCUT2D eigenvalue weighted by molar-refractivity contribution is -0.172. The molecule has 39 heavy (non-hydrogen) atoms. The van der Waals surface area contributed by atoms with Crippen molar-refractivity contribution in [2.45, 2.75) is 110 Å². The van der Waals surface area contributed by atoms with Crippen LogP contribution in [0.1, 0.15) is 91.4 Å². The Morgan fingerprint density at radius 2 is 1.74 bits per heavy atom. The maximum atomic E-state index is 13.4. The molecule has 2 unspecified atom stereocenters. The van der Waals surface area contributed by atoms with Crippen molar-refractivity contribution in [3.8, 4) is 0 Å². The van der Waals surface area contributed by atoms with E-state index in [1.165, 1.54) is 25.5 Å². The Bertz CT molecular complexity index is 801. The number of ether oxygens (including phenoxy) is 1. The minimum absolute atomic E-state index is 0.0961. The molecule has 0 bridgehead atoms. The van der Waals surface area contributed by atoms with Crippen LogP contribution >= 0.6 is 0 Å². The Kier molecular flexibility index (Phi) is 16.4. The molecule has 4 atom stereocenters. The molecule has 1 rings (SSSR count). The first-order valence-electron chi connectivity index (χ1n) is 14.4. The number of carbonyl (C=O) groups excluding carboxylic acids is 4. The van der Waals surface area contributed by atoms with Gasteiger partial charge in [-0.15, -0.1) is 0 Å². The molecule has 4 amide bonds. The van der Waals surface area contributed by atoms with Gasteiger partial charge in [0.25, 0.3) is 5.91 Å². The minimum Gasteiger partial charge on any atom is -0.446 e. The first-order valence-corrected chi connectivity index (χ1v) is 14.4. The SMILES string of the molecule is CCCCCCCC1CC/C=C\CC(C(=O)N(C)C)C[C@@H](C(=O)N(C)OC)NC(=O)[C@H](CC(C)C)NC(=O)O1. The van der Waals surface area contributed by atoms with Gasteiger partial charge in [-0.25, -0.2) is 9.86 Å². The molecule has 1 aliphatic heterocycles. The van der Waals surface area contributed by atoms with E-state index < -0.39 is 35.9 Å². The van der Waals surface area contributed by atoms with Crippen LogP contribution in [0.25, 0.3) is 0 Å². The van der Waals surface area contributed by atoms with E-state index in [1.54, 1.807) is 14.1 Å². The maximum absolute atomic E-state index is 13.4. The number of rotatable bonds is 11. The molecule has 0 saturated carbocycles. The van der Waals surface area contributed by atoms with E-state index in [-0.39, 0.29) is 24.3 Å². The quantitative estimate of drug-likeness (QED) is 0.225. The number of amides is 4. The average Bonchev–Trinajstić information content (AvgIpc) is 2.88. The van der Waals surface area contributed by atoms with Crippen molar-refractivity contribution in [3.05, 3.63) is 12.2 Å². The van der Waals surface area contributed by atoms with Crippen molar-refractivity contribution < 1.29 is 28.8 Å². The summed E-state index contributed by atoms with van der Waals surface area (Å²) in [5.41, 5.74) is 0. The monoisotopic (exact) mass is 552 g/mol. The van der Waals surface area contributed by atoms with Gasteiger partial charge in [0.15, 0.2) is 0 Å². The molecule has 1 aliphatic rings. The zero-order valence-electron chi connectivity index (χ0n) is 25.2. The van der Waals surface area contributed by atoms with Crippen LogP contribution in [0.2, 0.25) is 0 Å². The van der Waals surface area contributed by atoms with E-state index >= 15 is 0 Å². The third-order valence-electron chi connectivity index (χ3n) is 6.97. The molecule has 0 fully saturated rings. The normalized spacial score (nSPS) is 24.0. The number of carbonyl (C=O) groups is 4. The lowest BCUT2D eigenvalue weighted by atomic mass is 9.93. The molecule has 10 heteroatoms. The van der Waals surface area contributed by atoms with Crippen LogP contribution in [-0.4, -0.2) is 80.2 Å². The summed E-state index contributed by atoms with van der Waals surface area (Å²) in [6, 6.07) is -1.91. The third-order valence-corrected chi connectivity index (χ3v) is 6.97. The van der Waals surface area contributed by atoms with Gasteiger partial charge in [0.2, 0.25) is 11.8 Å². The summed E-state index contributed by atoms with van der Waals surface area (Å²) in [6.07, 6.45) is 11.6. The van der Waals surface area contributed by atoms with Gasteiger partial charge in [0.05, 0.1) is 7.11 Å². The molecule has 0 aromatic heterocycles. The molecule has 0 radical (unpaired) electrons. The molecule has 0 aromatic carbocycles. The fourth-order valence-corrected chi connectivity index (χ4v) is 4.68. The van der Waals surface area contributed by atoms with E-state index in [2.05, 4.69) is 17.6 Å². The van der Waals surface area contributed by atoms with Gasteiger partial charge < -0.3 is 20.3 Å². The smallest absolute Gasteiger partial charge is 0.408 e. The number of nitrogens with one attached hydrogen (secondary N) is 2. The van der Waals surface area contributed by atoms with E-state index in [9.17, 15) is 19.2 Å². The van der Waals surface area contributed by atoms with Gasteiger partial charge >= 0.3 is 6.09 Å². The first-order chi connectivity index (χ1) is 18.5. The Labute approximate surface area is 235 Å². The molecule has 2 N–H and O–H groups in total. The number of hydroxylamine groups is 2. The zero-order valence-corrected chi connectivity index (χ0v) is 25.2. The maximum Gasteiger partial charge on any atom is 0.408 e. The van der Waals surface area contributed by atoms with Crippen LogP contribution in [0, 0.1) is 11.8 Å². The van der Waals surface area contributed by atoms with Gasteiger partial charge in [-0.05, 0) is 50.9 Å². The fraction of sp³-hybridized carbons (Fsp3) is 0.793. The van der Waals surface area contributed by atoms with Crippen molar-refractivity contribution >= 4 is 23.8 Å². The first kappa shape index (κ1) is 34.4. The Balaban J connectivity index is 3.26. The highest BCUT2D eigenvalue weighted by Crippen LogP contribution is 2.20. The van der Waals surface area contributed by atoms with Crippen LogP contribution in [0.3, 0.4) is 0 Å². The summed E-state index contributed by atoms with van der Waals surface area (Å²) in [5, 5.41) is 6.57. The van der Waals surface area contributed by atoms with Gasteiger partial charge in [-0.2, -0.15) is 0 Å². The molecule has 224 valence electrons. The predicted molar refractivity (Wildman–Crippen MR) is 152 cm³/mol.